The molecule has 3 nitrogen and oxygen atoms in total. The number of benzene rings is 1. The predicted molar refractivity (Wildman–Crippen MR) is 96.6 cm³/mol. The molecule has 0 fully saturated rings. The van der Waals surface area contributed by atoms with Crippen LogP contribution < -0.4 is 10.6 Å². The van der Waals surface area contributed by atoms with Gasteiger partial charge in [-0.3, -0.25) is 4.79 Å². The quantitative estimate of drug-likeness (QED) is 0.676. The molecular formula is C18H31ClN2O. The lowest BCUT2D eigenvalue weighted by molar-refractivity contribution is -0.122. The maximum atomic E-state index is 12.0. The Labute approximate surface area is 141 Å². The van der Waals surface area contributed by atoms with Crippen LogP contribution in [0.5, 0.6) is 0 Å². The largest absolute Gasteiger partial charge is 0.349 e. The zero-order valence-electron chi connectivity index (χ0n) is 14.3. The first kappa shape index (κ1) is 20.9. The van der Waals surface area contributed by atoms with Crippen LogP contribution in [0.1, 0.15) is 57.2 Å². The number of nitrogens with one attached hydrogen (secondary N) is 2. The number of carbonyl (C=O) groups excluding carboxylic acids is 1. The number of hydrogen-bond acceptors (Lipinski definition) is 2. The third-order valence-electron chi connectivity index (χ3n) is 3.69. The molecule has 0 bridgehead atoms. The molecule has 1 aromatic rings. The van der Waals surface area contributed by atoms with Crippen LogP contribution in [-0.2, 0) is 11.2 Å². The Morgan fingerprint density at radius 3 is 2.32 bits per heavy atom. The second-order valence-corrected chi connectivity index (χ2v) is 5.99. The lowest BCUT2D eigenvalue weighted by atomic mass is 9.94. The summed E-state index contributed by atoms with van der Waals surface area (Å²) in [4.78, 5) is 12.0. The van der Waals surface area contributed by atoms with Gasteiger partial charge in [-0.2, -0.15) is 0 Å². The molecule has 126 valence electrons. The summed E-state index contributed by atoms with van der Waals surface area (Å²) in [5.41, 5.74) is 2.57. The summed E-state index contributed by atoms with van der Waals surface area (Å²) in [5.74, 6) is 0.525. The van der Waals surface area contributed by atoms with E-state index in [1.165, 1.54) is 11.1 Å². The maximum absolute atomic E-state index is 12.0. The minimum atomic E-state index is 0. The fourth-order valence-electron chi connectivity index (χ4n) is 2.49. The fourth-order valence-corrected chi connectivity index (χ4v) is 2.49. The van der Waals surface area contributed by atoms with Gasteiger partial charge in [-0.05, 0) is 43.5 Å². The van der Waals surface area contributed by atoms with Crippen molar-refractivity contribution in [1.82, 2.24) is 10.6 Å². The standard InChI is InChI=1S/C18H30N2O.ClH/c1-5-7-15-9-11-16(12-10-15)18(14(2)3)20-17(21)8-6-13-19-4;/h9-12,14,18-19H,5-8,13H2,1-4H3,(H,20,21);1H. The molecule has 22 heavy (non-hydrogen) atoms. The van der Waals surface area contributed by atoms with Crippen molar-refractivity contribution >= 4 is 18.3 Å². The van der Waals surface area contributed by atoms with Crippen LogP contribution in [0.15, 0.2) is 24.3 Å². The van der Waals surface area contributed by atoms with E-state index in [0.717, 1.165) is 25.8 Å². The molecule has 1 aromatic carbocycles. The van der Waals surface area contributed by atoms with Gasteiger partial charge in [0, 0.05) is 6.42 Å². The SMILES string of the molecule is CCCc1ccc(C(NC(=O)CCCNC)C(C)C)cc1.Cl. The first-order valence-electron chi connectivity index (χ1n) is 8.11. The summed E-state index contributed by atoms with van der Waals surface area (Å²) in [7, 11) is 1.91. The van der Waals surface area contributed by atoms with E-state index < -0.39 is 0 Å². The van der Waals surface area contributed by atoms with Crippen molar-refractivity contribution in [2.24, 2.45) is 5.92 Å². The molecule has 0 aliphatic carbocycles. The summed E-state index contributed by atoms with van der Waals surface area (Å²) >= 11 is 0. The molecule has 0 aliphatic rings. The Morgan fingerprint density at radius 1 is 1.18 bits per heavy atom. The van der Waals surface area contributed by atoms with E-state index in [-0.39, 0.29) is 24.4 Å². The van der Waals surface area contributed by atoms with Crippen LogP contribution in [0.4, 0.5) is 0 Å². The maximum Gasteiger partial charge on any atom is 0.220 e. The van der Waals surface area contributed by atoms with Gasteiger partial charge in [-0.1, -0.05) is 51.5 Å². The van der Waals surface area contributed by atoms with E-state index in [4.69, 9.17) is 0 Å². The molecule has 1 atom stereocenters. The molecule has 4 heteroatoms. The molecule has 1 unspecified atom stereocenters. The first-order valence-corrected chi connectivity index (χ1v) is 8.11. The van der Waals surface area contributed by atoms with E-state index in [1.807, 2.05) is 7.05 Å². The number of rotatable bonds is 9. The molecule has 0 radical (unpaired) electrons. The van der Waals surface area contributed by atoms with Gasteiger partial charge in [0.25, 0.3) is 0 Å². The van der Waals surface area contributed by atoms with Crippen molar-refractivity contribution in [3.05, 3.63) is 35.4 Å². The summed E-state index contributed by atoms with van der Waals surface area (Å²) in [6, 6.07) is 8.78. The van der Waals surface area contributed by atoms with Gasteiger partial charge < -0.3 is 10.6 Å². The monoisotopic (exact) mass is 326 g/mol. The Kier molecular flexibility index (Phi) is 10.9. The van der Waals surface area contributed by atoms with Crippen molar-refractivity contribution < 1.29 is 4.79 Å². The Bertz CT molecular complexity index is 418. The van der Waals surface area contributed by atoms with Crippen molar-refractivity contribution in [1.29, 1.82) is 0 Å². The Balaban J connectivity index is 0.00000441. The number of aryl methyl sites for hydroxylation is 1. The van der Waals surface area contributed by atoms with Crippen molar-refractivity contribution in [3.8, 4) is 0 Å². The number of amides is 1. The average molecular weight is 327 g/mol. The molecule has 0 heterocycles. The lowest BCUT2D eigenvalue weighted by Gasteiger charge is -2.23. The predicted octanol–water partition coefficient (Wildman–Crippen LogP) is 3.87. The minimum Gasteiger partial charge on any atom is -0.349 e. The summed E-state index contributed by atoms with van der Waals surface area (Å²) in [6.07, 6.45) is 3.73. The van der Waals surface area contributed by atoms with Crippen molar-refractivity contribution in [3.63, 3.8) is 0 Å². The first-order chi connectivity index (χ1) is 10.1. The van der Waals surface area contributed by atoms with E-state index in [0.29, 0.717) is 12.3 Å². The van der Waals surface area contributed by atoms with Crippen LogP contribution in [-0.4, -0.2) is 19.5 Å². The molecule has 1 rings (SSSR count). The summed E-state index contributed by atoms with van der Waals surface area (Å²) < 4.78 is 0. The van der Waals surface area contributed by atoms with Crippen LogP contribution >= 0.6 is 12.4 Å². The zero-order chi connectivity index (χ0) is 15.7. The molecule has 0 saturated heterocycles. The Morgan fingerprint density at radius 2 is 1.82 bits per heavy atom. The highest BCUT2D eigenvalue weighted by atomic mass is 35.5. The van der Waals surface area contributed by atoms with Crippen LogP contribution in [0.2, 0.25) is 0 Å². The normalized spacial score (nSPS) is 11.9. The van der Waals surface area contributed by atoms with Gasteiger partial charge >= 0.3 is 0 Å². The fraction of sp³-hybridized carbons (Fsp3) is 0.611. The van der Waals surface area contributed by atoms with Crippen molar-refractivity contribution in [2.75, 3.05) is 13.6 Å². The van der Waals surface area contributed by atoms with E-state index in [1.54, 1.807) is 0 Å². The average Bonchev–Trinajstić information content (AvgIpc) is 2.46. The number of halogens is 1. The van der Waals surface area contributed by atoms with Gasteiger partial charge in [0.1, 0.15) is 0 Å². The zero-order valence-corrected chi connectivity index (χ0v) is 15.1. The molecule has 0 spiro atoms. The van der Waals surface area contributed by atoms with E-state index in [9.17, 15) is 4.79 Å². The van der Waals surface area contributed by atoms with E-state index >= 15 is 0 Å². The number of carbonyl (C=O) groups is 1. The van der Waals surface area contributed by atoms with Crippen molar-refractivity contribution in [2.45, 2.75) is 52.5 Å². The second-order valence-electron chi connectivity index (χ2n) is 5.99. The third-order valence-corrected chi connectivity index (χ3v) is 3.69. The van der Waals surface area contributed by atoms with Crippen LogP contribution in [0.25, 0.3) is 0 Å². The summed E-state index contributed by atoms with van der Waals surface area (Å²) in [5, 5.41) is 6.25. The molecule has 0 saturated carbocycles. The topological polar surface area (TPSA) is 41.1 Å². The lowest BCUT2D eigenvalue weighted by Crippen LogP contribution is -2.32. The van der Waals surface area contributed by atoms with Gasteiger partial charge in [0.15, 0.2) is 0 Å². The highest BCUT2D eigenvalue weighted by Gasteiger charge is 2.17. The van der Waals surface area contributed by atoms with Gasteiger partial charge in [0.2, 0.25) is 5.91 Å². The van der Waals surface area contributed by atoms with E-state index in [2.05, 4.69) is 55.7 Å². The van der Waals surface area contributed by atoms with Gasteiger partial charge in [-0.25, -0.2) is 0 Å². The second kappa shape index (κ2) is 11.5. The molecule has 0 aromatic heterocycles. The van der Waals surface area contributed by atoms with Crippen LogP contribution in [0, 0.1) is 5.92 Å². The summed E-state index contributed by atoms with van der Waals surface area (Å²) in [6.45, 7) is 7.37. The highest BCUT2D eigenvalue weighted by molar-refractivity contribution is 5.85. The molecule has 0 aliphatic heterocycles. The minimum absolute atomic E-state index is 0. The van der Waals surface area contributed by atoms with Gasteiger partial charge in [-0.15, -0.1) is 12.4 Å². The third kappa shape index (κ3) is 7.28. The van der Waals surface area contributed by atoms with Gasteiger partial charge in [0.05, 0.1) is 6.04 Å². The molecular weight excluding hydrogens is 296 g/mol. The molecule has 1 amide bonds. The smallest absolute Gasteiger partial charge is 0.220 e. The molecule has 2 N–H and O–H groups in total. The number of hydrogen-bond donors (Lipinski definition) is 2. The van der Waals surface area contributed by atoms with Crippen LogP contribution in [0.3, 0.4) is 0 Å². The Hall–Kier alpha value is -1.06. The highest BCUT2D eigenvalue weighted by Crippen LogP contribution is 2.22.